The molecule has 0 aliphatic carbocycles. The summed E-state index contributed by atoms with van der Waals surface area (Å²) >= 11 is 12.3. The summed E-state index contributed by atoms with van der Waals surface area (Å²) < 4.78 is 26.5. The van der Waals surface area contributed by atoms with E-state index in [1.165, 1.54) is 4.90 Å². The summed E-state index contributed by atoms with van der Waals surface area (Å²) in [6.07, 6.45) is 2.39. The van der Waals surface area contributed by atoms with Crippen LogP contribution in [0.1, 0.15) is 38.3 Å². The minimum absolute atomic E-state index is 0.0164. The SMILES string of the molecule is CCCNC(=O)C(C)N(Cc1ccc(Cl)cc1Cl)C(=O)CN(c1ccccc1CC)S(C)(=O)=O. The molecular formula is C24H31Cl2N3O4S. The number of carbonyl (C=O) groups excluding carboxylic acids is 2. The number of hydrogen-bond donors (Lipinski definition) is 1. The third kappa shape index (κ3) is 7.35. The summed E-state index contributed by atoms with van der Waals surface area (Å²) in [5, 5.41) is 3.59. The molecule has 2 aromatic carbocycles. The number of sulfonamides is 1. The molecule has 0 spiro atoms. The molecule has 10 heteroatoms. The summed E-state index contributed by atoms with van der Waals surface area (Å²) in [7, 11) is -3.78. The fourth-order valence-electron chi connectivity index (χ4n) is 3.46. The molecule has 1 N–H and O–H groups in total. The number of benzene rings is 2. The zero-order valence-corrected chi connectivity index (χ0v) is 22.2. The Morgan fingerprint density at radius 3 is 2.32 bits per heavy atom. The zero-order valence-electron chi connectivity index (χ0n) is 19.8. The molecular weight excluding hydrogens is 497 g/mol. The highest BCUT2D eigenvalue weighted by Crippen LogP contribution is 2.26. The Labute approximate surface area is 212 Å². The second-order valence-electron chi connectivity index (χ2n) is 7.98. The molecule has 34 heavy (non-hydrogen) atoms. The quantitative estimate of drug-likeness (QED) is 0.472. The minimum atomic E-state index is -3.78. The van der Waals surface area contributed by atoms with Crippen LogP contribution in [0.3, 0.4) is 0 Å². The first-order chi connectivity index (χ1) is 16.0. The van der Waals surface area contributed by atoms with Crippen LogP contribution in [0.2, 0.25) is 10.0 Å². The van der Waals surface area contributed by atoms with E-state index in [1.54, 1.807) is 37.3 Å². The Kier molecular flexibility index (Phi) is 10.2. The van der Waals surface area contributed by atoms with Crippen LogP contribution in [0.15, 0.2) is 42.5 Å². The van der Waals surface area contributed by atoms with Gasteiger partial charge in [-0.2, -0.15) is 0 Å². The normalized spacial score (nSPS) is 12.2. The molecule has 0 heterocycles. The number of halogens is 2. The van der Waals surface area contributed by atoms with E-state index in [2.05, 4.69) is 5.32 Å². The van der Waals surface area contributed by atoms with Crippen LogP contribution in [0.5, 0.6) is 0 Å². The number of rotatable bonds is 11. The molecule has 7 nitrogen and oxygen atoms in total. The molecule has 0 saturated carbocycles. The Morgan fingerprint density at radius 2 is 1.74 bits per heavy atom. The molecule has 2 aromatic rings. The Hall–Kier alpha value is -2.29. The van der Waals surface area contributed by atoms with Crippen molar-refractivity contribution < 1.29 is 18.0 Å². The van der Waals surface area contributed by atoms with Crippen LogP contribution in [-0.4, -0.2) is 50.5 Å². The number of para-hydroxylation sites is 1. The van der Waals surface area contributed by atoms with Gasteiger partial charge >= 0.3 is 0 Å². The molecule has 0 bridgehead atoms. The van der Waals surface area contributed by atoms with Crippen LogP contribution in [0.4, 0.5) is 5.69 Å². The third-order valence-corrected chi connectivity index (χ3v) is 7.11. The molecule has 1 atom stereocenters. The average Bonchev–Trinajstić information content (AvgIpc) is 2.79. The molecule has 2 amide bonds. The fourth-order valence-corrected chi connectivity index (χ4v) is 4.81. The third-order valence-electron chi connectivity index (χ3n) is 5.39. The van der Waals surface area contributed by atoms with Gasteiger partial charge in [0.05, 0.1) is 11.9 Å². The summed E-state index contributed by atoms with van der Waals surface area (Å²) in [5.41, 5.74) is 1.82. The number of aryl methyl sites for hydroxylation is 1. The van der Waals surface area contributed by atoms with Crippen molar-refractivity contribution in [2.45, 2.75) is 46.2 Å². The van der Waals surface area contributed by atoms with E-state index in [-0.39, 0.29) is 12.5 Å². The lowest BCUT2D eigenvalue weighted by Gasteiger charge is -2.32. The van der Waals surface area contributed by atoms with E-state index in [9.17, 15) is 18.0 Å². The number of hydrogen-bond acceptors (Lipinski definition) is 4. The van der Waals surface area contributed by atoms with Gasteiger partial charge in [-0.25, -0.2) is 8.42 Å². The van der Waals surface area contributed by atoms with Crippen LogP contribution >= 0.6 is 23.2 Å². The maximum Gasteiger partial charge on any atom is 0.244 e. The number of amides is 2. The van der Waals surface area contributed by atoms with Crippen molar-refractivity contribution in [2.24, 2.45) is 0 Å². The molecule has 0 radical (unpaired) electrons. The van der Waals surface area contributed by atoms with Crippen LogP contribution in [-0.2, 0) is 32.6 Å². The lowest BCUT2D eigenvalue weighted by atomic mass is 10.1. The highest BCUT2D eigenvalue weighted by atomic mass is 35.5. The number of nitrogens with zero attached hydrogens (tertiary/aromatic N) is 2. The van der Waals surface area contributed by atoms with Crippen molar-refractivity contribution in [1.82, 2.24) is 10.2 Å². The van der Waals surface area contributed by atoms with Gasteiger partial charge in [0, 0.05) is 23.1 Å². The second-order valence-corrected chi connectivity index (χ2v) is 10.7. The van der Waals surface area contributed by atoms with E-state index < -0.39 is 28.5 Å². The fraction of sp³-hybridized carbons (Fsp3) is 0.417. The van der Waals surface area contributed by atoms with Crippen LogP contribution in [0, 0.1) is 0 Å². The van der Waals surface area contributed by atoms with Crippen LogP contribution < -0.4 is 9.62 Å². The predicted octanol–water partition coefficient (Wildman–Crippen LogP) is 4.27. The van der Waals surface area contributed by atoms with Gasteiger partial charge in [0.2, 0.25) is 21.8 Å². The van der Waals surface area contributed by atoms with Gasteiger partial charge in [-0.15, -0.1) is 0 Å². The Balaban J connectivity index is 2.44. The molecule has 0 aliphatic rings. The van der Waals surface area contributed by atoms with E-state index >= 15 is 0 Å². The number of nitrogens with one attached hydrogen (secondary N) is 1. The van der Waals surface area contributed by atoms with Crippen LogP contribution in [0.25, 0.3) is 0 Å². The van der Waals surface area contributed by atoms with Gasteiger partial charge < -0.3 is 10.2 Å². The topological polar surface area (TPSA) is 86.8 Å². The molecule has 2 rings (SSSR count). The minimum Gasteiger partial charge on any atom is -0.354 e. The number of carbonyl (C=O) groups is 2. The Bertz CT molecular complexity index is 1120. The maximum atomic E-state index is 13.5. The van der Waals surface area contributed by atoms with Gasteiger partial charge in [0.1, 0.15) is 12.6 Å². The molecule has 0 saturated heterocycles. The first-order valence-electron chi connectivity index (χ1n) is 11.1. The maximum absolute atomic E-state index is 13.5. The summed E-state index contributed by atoms with van der Waals surface area (Å²) in [4.78, 5) is 27.6. The lowest BCUT2D eigenvalue weighted by Crippen LogP contribution is -2.51. The molecule has 186 valence electrons. The van der Waals surface area contributed by atoms with Gasteiger partial charge in [-0.1, -0.05) is 61.3 Å². The molecule has 0 fully saturated rings. The Morgan fingerprint density at radius 1 is 1.06 bits per heavy atom. The highest BCUT2D eigenvalue weighted by Gasteiger charge is 2.31. The van der Waals surface area contributed by atoms with Crippen molar-refractivity contribution in [2.75, 3.05) is 23.7 Å². The van der Waals surface area contributed by atoms with Crippen molar-refractivity contribution in [3.63, 3.8) is 0 Å². The zero-order chi connectivity index (χ0) is 25.5. The summed E-state index contributed by atoms with van der Waals surface area (Å²) in [6, 6.07) is 11.1. The first kappa shape index (κ1) is 28.0. The molecule has 1 unspecified atom stereocenters. The number of anilines is 1. The summed E-state index contributed by atoms with van der Waals surface area (Å²) in [5.74, 6) is -0.860. The van der Waals surface area contributed by atoms with Crippen molar-refractivity contribution in [3.05, 3.63) is 63.6 Å². The highest BCUT2D eigenvalue weighted by molar-refractivity contribution is 7.92. The van der Waals surface area contributed by atoms with Gasteiger partial charge in [0.25, 0.3) is 0 Å². The molecule has 0 aliphatic heterocycles. The van der Waals surface area contributed by atoms with E-state index in [1.807, 2.05) is 26.0 Å². The van der Waals surface area contributed by atoms with E-state index in [0.29, 0.717) is 34.3 Å². The van der Waals surface area contributed by atoms with Gasteiger partial charge in [-0.05, 0) is 49.1 Å². The second kappa shape index (κ2) is 12.4. The van der Waals surface area contributed by atoms with E-state index in [0.717, 1.165) is 22.5 Å². The first-order valence-corrected chi connectivity index (χ1v) is 13.7. The van der Waals surface area contributed by atoms with E-state index in [4.69, 9.17) is 23.2 Å². The standard InChI is InChI=1S/C24H31Cl2N3O4S/c1-5-13-27-24(31)17(3)28(15-19-11-12-20(25)14-21(19)26)23(30)16-29(34(4,32)33)22-10-8-7-9-18(22)6-2/h7-12,14,17H,5-6,13,15-16H2,1-4H3,(H,27,31). The largest absolute Gasteiger partial charge is 0.354 e. The van der Waals surface area contributed by atoms with Crippen molar-refractivity contribution in [3.8, 4) is 0 Å². The predicted molar refractivity (Wildman–Crippen MR) is 138 cm³/mol. The monoisotopic (exact) mass is 527 g/mol. The van der Waals surface area contributed by atoms with Crippen molar-refractivity contribution in [1.29, 1.82) is 0 Å². The molecule has 0 aromatic heterocycles. The van der Waals surface area contributed by atoms with Crippen molar-refractivity contribution >= 4 is 50.7 Å². The smallest absolute Gasteiger partial charge is 0.244 e. The lowest BCUT2D eigenvalue weighted by molar-refractivity contribution is -0.139. The van der Waals surface area contributed by atoms with Gasteiger partial charge in [0.15, 0.2) is 0 Å². The average molecular weight is 529 g/mol. The van der Waals surface area contributed by atoms with Gasteiger partial charge in [-0.3, -0.25) is 13.9 Å². The summed E-state index contributed by atoms with van der Waals surface area (Å²) in [6.45, 7) is 5.48.